The van der Waals surface area contributed by atoms with Gasteiger partial charge in [0, 0.05) is 54.1 Å². The number of carbonyl (C=O) groups is 1. The van der Waals surface area contributed by atoms with E-state index in [1.807, 2.05) is 48.5 Å². The molecule has 2 unspecified atom stereocenters. The van der Waals surface area contributed by atoms with Crippen LogP contribution in [-0.2, 0) is 25.7 Å². The number of nitrogens with one attached hydrogen (secondary N) is 1. The number of fused-ring (bicyclic) bond motifs is 1. The molecule has 2 aromatic heterocycles. The summed E-state index contributed by atoms with van der Waals surface area (Å²) < 4.78 is 17.1. The fourth-order valence-corrected chi connectivity index (χ4v) is 4.97. The lowest BCUT2D eigenvalue weighted by Crippen LogP contribution is -2.33. The van der Waals surface area contributed by atoms with Crippen LogP contribution in [0.5, 0.6) is 0 Å². The number of rotatable bonds is 7. The van der Waals surface area contributed by atoms with Crippen LogP contribution >= 0.6 is 0 Å². The molecule has 0 aliphatic carbocycles. The number of pyridine rings is 2. The molecule has 4 aromatic rings. The molecule has 0 spiro atoms. The number of hydrogen-bond acceptors (Lipinski definition) is 7. The van der Waals surface area contributed by atoms with Crippen LogP contribution in [0.25, 0.3) is 22.2 Å². The zero-order chi connectivity index (χ0) is 28.6. The van der Waals surface area contributed by atoms with E-state index in [1.54, 1.807) is 24.5 Å². The van der Waals surface area contributed by atoms with E-state index in [1.165, 1.54) is 0 Å². The highest BCUT2D eigenvalue weighted by Gasteiger charge is 2.19. The van der Waals surface area contributed by atoms with E-state index in [0.29, 0.717) is 35.4 Å². The van der Waals surface area contributed by atoms with Gasteiger partial charge in [0.1, 0.15) is 0 Å². The molecule has 8 heteroatoms. The first-order valence-electron chi connectivity index (χ1n) is 14.5. The highest BCUT2D eigenvalue weighted by Crippen LogP contribution is 2.25. The van der Waals surface area contributed by atoms with E-state index in [4.69, 9.17) is 24.0 Å². The fourth-order valence-electron chi connectivity index (χ4n) is 4.97. The lowest BCUT2D eigenvalue weighted by atomic mass is 10.0. The Labute approximate surface area is 245 Å². The molecule has 0 bridgehead atoms. The monoisotopic (exact) mass is 563 g/mol. The molecule has 0 saturated carbocycles. The van der Waals surface area contributed by atoms with Crippen LogP contribution in [0.2, 0.25) is 0 Å². The molecule has 2 saturated heterocycles. The standard InChI is InChI=1S/C34H33N3O5/c38-34(37-42-33-6-2-4-20-40-33)28-21-31(36-30-17-18-35-22-29(28)30)27-15-13-25(14-16-27)8-7-24-9-11-26(12-10-24)23-41-32-5-1-3-19-39-32/h9-18,21-22,32-33H,1-6,19-20,23H2,(H,37,38). The number of nitrogens with zero attached hydrogens (tertiary/aromatic N) is 2. The van der Waals surface area contributed by atoms with Gasteiger partial charge in [0.2, 0.25) is 0 Å². The third-order valence-electron chi connectivity index (χ3n) is 7.34. The molecule has 2 fully saturated rings. The zero-order valence-corrected chi connectivity index (χ0v) is 23.4. The fraction of sp³-hybridized carbons (Fsp3) is 0.324. The Balaban J connectivity index is 1.13. The molecule has 4 heterocycles. The summed E-state index contributed by atoms with van der Waals surface area (Å²) in [4.78, 5) is 27.6. The Morgan fingerprint density at radius 1 is 0.881 bits per heavy atom. The van der Waals surface area contributed by atoms with Crippen molar-refractivity contribution >= 4 is 16.8 Å². The molecule has 2 atom stereocenters. The van der Waals surface area contributed by atoms with Crippen LogP contribution in [0, 0.1) is 11.8 Å². The maximum absolute atomic E-state index is 13.1. The number of amides is 1. The highest BCUT2D eigenvalue weighted by molar-refractivity contribution is 6.06. The van der Waals surface area contributed by atoms with Crippen molar-refractivity contribution in [3.63, 3.8) is 0 Å². The Hall–Kier alpha value is -4.13. The van der Waals surface area contributed by atoms with Gasteiger partial charge in [-0.1, -0.05) is 36.1 Å². The molecule has 1 amide bonds. The third kappa shape index (κ3) is 7.19. The topological polar surface area (TPSA) is 91.8 Å². The van der Waals surface area contributed by atoms with Gasteiger partial charge in [0.25, 0.3) is 5.91 Å². The summed E-state index contributed by atoms with van der Waals surface area (Å²) in [5.41, 5.74) is 8.11. The minimum Gasteiger partial charge on any atom is -0.353 e. The Kier molecular flexibility index (Phi) is 9.13. The van der Waals surface area contributed by atoms with Gasteiger partial charge in [-0.05, 0) is 74.1 Å². The summed E-state index contributed by atoms with van der Waals surface area (Å²) in [5.74, 6) is 6.09. The molecule has 8 nitrogen and oxygen atoms in total. The average molecular weight is 564 g/mol. The lowest BCUT2D eigenvalue weighted by Gasteiger charge is -2.22. The second-order valence-electron chi connectivity index (χ2n) is 10.4. The largest absolute Gasteiger partial charge is 0.353 e. The van der Waals surface area contributed by atoms with Crippen molar-refractivity contribution in [1.29, 1.82) is 0 Å². The molecule has 42 heavy (non-hydrogen) atoms. The van der Waals surface area contributed by atoms with Gasteiger partial charge in [-0.3, -0.25) is 9.78 Å². The maximum Gasteiger partial charge on any atom is 0.275 e. The van der Waals surface area contributed by atoms with E-state index in [2.05, 4.69) is 22.3 Å². The van der Waals surface area contributed by atoms with E-state index in [9.17, 15) is 4.79 Å². The van der Waals surface area contributed by atoms with E-state index in [0.717, 1.165) is 67.4 Å². The number of hydroxylamine groups is 1. The third-order valence-corrected chi connectivity index (χ3v) is 7.34. The lowest BCUT2D eigenvalue weighted by molar-refractivity contribution is -0.186. The summed E-state index contributed by atoms with van der Waals surface area (Å²) in [6.45, 7) is 1.94. The first-order valence-corrected chi connectivity index (χ1v) is 14.5. The van der Waals surface area contributed by atoms with Crippen molar-refractivity contribution in [2.75, 3.05) is 13.2 Å². The number of carbonyl (C=O) groups excluding carboxylic acids is 1. The molecule has 0 radical (unpaired) electrons. The molecule has 2 aromatic carbocycles. The van der Waals surface area contributed by atoms with Gasteiger partial charge in [-0.15, -0.1) is 0 Å². The SMILES string of the molecule is O=C(NOC1CCCCO1)c1cc(-c2ccc(C#Cc3ccc(COC4CCCCO4)cc3)cc2)nc2ccncc12. The van der Waals surface area contributed by atoms with Crippen molar-refractivity contribution in [2.24, 2.45) is 0 Å². The van der Waals surface area contributed by atoms with Gasteiger partial charge >= 0.3 is 0 Å². The normalized spacial score (nSPS) is 18.7. The number of benzene rings is 2. The van der Waals surface area contributed by atoms with Crippen molar-refractivity contribution in [3.05, 3.63) is 95.3 Å². The highest BCUT2D eigenvalue weighted by atomic mass is 16.8. The number of ether oxygens (including phenoxy) is 3. The predicted molar refractivity (Wildman–Crippen MR) is 158 cm³/mol. The van der Waals surface area contributed by atoms with Crippen LogP contribution in [0.15, 0.2) is 73.1 Å². The minimum absolute atomic E-state index is 0.0953. The summed E-state index contributed by atoms with van der Waals surface area (Å²) in [7, 11) is 0. The van der Waals surface area contributed by atoms with Gasteiger partial charge in [0.05, 0.1) is 23.4 Å². The van der Waals surface area contributed by atoms with Crippen LogP contribution in [0.3, 0.4) is 0 Å². The molecule has 2 aliphatic rings. The second kappa shape index (κ2) is 13.7. The van der Waals surface area contributed by atoms with Gasteiger partial charge < -0.3 is 14.2 Å². The van der Waals surface area contributed by atoms with E-state index < -0.39 is 6.29 Å². The molecule has 1 N–H and O–H groups in total. The van der Waals surface area contributed by atoms with Crippen molar-refractivity contribution in [1.82, 2.24) is 15.4 Å². The van der Waals surface area contributed by atoms with E-state index in [-0.39, 0.29) is 12.2 Å². The van der Waals surface area contributed by atoms with E-state index >= 15 is 0 Å². The maximum atomic E-state index is 13.1. The summed E-state index contributed by atoms with van der Waals surface area (Å²) in [6, 6.07) is 19.5. The van der Waals surface area contributed by atoms with Gasteiger partial charge in [-0.25, -0.2) is 15.3 Å². The van der Waals surface area contributed by atoms with Crippen LogP contribution < -0.4 is 5.48 Å². The number of aromatic nitrogens is 2. The summed E-state index contributed by atoms with van der Waals surface area (Å²) in [6.07, 6.45) is 8.75. The van der Waals surface area contributed by atoms with Crippen LogP contribution in [0.1, 0.15) is 65.6 Å². The zero-order valence-electron chi connectivity index (χ0n) is 23.4. The average Bonchev–Trinajstić information content (AvgIpc) is 3.06. The smallest absolute Gasteiger partial charge is 0.275 e. The van der Waals surface area contributed by atoms with Crippen molar-refractivity contribution in [2.45, 2.75) is 57.7 Å². The van der Waals surface area contributed by atoms with Crippen LogP contribution in [-0.4, -0.2) is 41.7 Å². The van der Waals surface area contributed by atoms with Crippen LogP contribution in [0.4, 0.5) is 0 Å². The molecular formula is C34H33N3O5. The van der Waals surface area contributed by atoms with Crippen molar-refractivity contribution < 1.29 is 23.8 Å². The second-order valence-corrected chi connectivity index (χ2v) is 10.4. The number of hydrogen-bond donors (Lipinski definition) is 1. The summed E-state index contributed by atoms with van der Waals surface area (Å²) in [5, 5.41) is 0.648. The Morgan fingerprint density at radius 2 is 1.57 bits per heavy atom. The quantitative estimate of drug-likeness (QED) is 0.220. The first-order chi connectivity index (χ1) is 20.7. The van der Waals surface area contributed by atoms with Crippen molar-refractivity contribution in [3.8, 4) is 23.1 Å². The van der Waals surface area contributed by atoms with Gasteiger partial charge in [0.15, 0.2) is 12.6 Å². The Bertz CT molecular complexity index is 1570. The first kappa shape index (κ1) is 28.0. The molecule has 6 rings (SSSR count). The van der Waals surface area contributed by atoms with Gasteiger partial charge in [-0.2, -0.15) is 0 Å². The minimum atomic E-state index is -0.435. The summed E-state index contributed by atoms with van der Waals surface area (Å²) >= 11 is 0. The predicted octanol–water partition coefficient (Wildman–Crippen LogP) is 5.93. The molecule has 2 aliphatic heterocycles. The Morgan fingerprint density at radius 3 is 2.26 bits per heavy atom. The molecular weight excluding hydrogens is 530 g/mol. The molecule has 214 valence electrons.